The zero-order chi connectivity index (χ0) is 24.9. The van der Waals surface area contributed by atoms with Crippen LogP contribution in [-0.2, 0) is 9.53 Å². The van der Waals surface area contributed by atoms with Gasteiger partial charge < -0.3 is 29.3 Å². The SMILES string of the molecule is COCCC(=O)N1CCC(Nc2nc(N3CC(C)CC(C)C3)nc3cc(OC)c(OC)cc23)CC1. The van der Waals surface area contributed by atoms with Crippen molar-refractivity contribution in [2.45, 2.75) is 45.6 Å². The molecule has 0 aliphatic carbocycles. The van der Waals surface area contributed by atoms with E-state index in [9.17, 15) is 4.79 Å². The molecule has 35 heavy (non-hydrogen) atoms. The molecule has 2 unspecified atom stereocenters. The van der Waals surface area contributed by atoms with E-state index < -0.39 is 0 Å². The second-order valence-electron chi connectivity index (χ2n) is 9.99. The Morgan fingerprint density at radius 1 is 1.03 bits per heavy atom. The number of rotatable bonds is 8. The Balaban J connectivity index is 1.60. The van der Waals surface area contributed by atoms with Crippen LogP contribution in [-0.4, -0.2) is 80.9 Å². The van der Waals surface area contributed by atoms with Gasteiger partial charge in [-0.3, -0.25) is 4.79 Å². The van der Waals surface area contributed by atoms with Gasteiger partial charge in [0.25, 0.3) is 0 Å². The van der Waals surface area contributed by atoms with Crippen molar-refractivity contribution in [2.75, 3.05) is 64.3 Å². The molecule has 1 aromatic carbocycles. The lowest BCUT2D eigenvalue weighted by molar-refractivity contribution is -0.133. The fourth-order valence-corrected chi connectivity index (χ4v) is 5.34. The fraction of sp³-hybridized carbons (Fsp3) is 0.654. The highest BCUT2D eigenvalue weighted by Gasteiger charge is 2.27. The molecule has 9 nitrogen and oxygen atoms in total. The number of carbonyl (C=O) groups excluding carboxylic acids is 1. The van der Waals surface area contributed by atoms with E-state index in [0.29, 0.717) is 36.4 Å². The van der Waals surface area contributed by atoms with Crippen molar-refractivity contribution in [1.82, 2.24) is 14.9 Å². The van der Waals surface area contributed by atoms with Crippen molar-refractivity contribution < 1.29 is 19.0 Å². The van der Waals surface area contributed by atoms with Crippen LogP contribution in [0.15, 0.2) is 12.1 Å². The third-order valence-corrected chi connectivity index (χ3v) is 7.05. The molecule has 192 valence electrons. The summed E-state index contributed by atoms with van der Waals surface area (Å²) in [5.74, 6) is 4.21. The summed E-state index contributed by atoms with van der Waals surface area (Å²) in [4.78, 5) is 26.6. The van der Waals surface area contributed by atoms with Crippen LogP contribution < -0.4 is 19.7 Å². The lowest BCUT2D eigenvalue weighted by Gasteiger charge is -2.36. The second kappa shape index (κ2) is 11.3. The Morgan fingerprint density at radius 2 is 1.69 bits per heavy atom. The van der Waals surface area contributed by atoms with Crippen LogP contribution in [0.3, 0.4) is 0 Å². The normalized spacial score (nSPS) is 21.3. The monoisotopic (exact) mass is 485 g/mol. The van der Waals surface area contributed by atoms with Crippen LogP contribution in [0.2, 0.25) is 0 Å². The molecule has 1 aromatic heterocycles. The van der Waals surface area contributed by atoms with Crippen molar-refractivity contribution in [3.05, 3.63) is 12.1 Å². The summed E-state index contributed by atoms with van der Waals surface area (Å²) in [7, 11) is 4.90. The van der Waals surface area contributed by atoms with Gasteiger partial charge >= 0.3 is 0 Å². The molecule has 0 radical (unpaired) electrons. The van der Waals surface area contributed by atoms with E-state index in [1.165, 1.54) is 6.42 Å². The Bertz CT molecular complexity index is 1010. The van der Waals surface area contributed by atoms with Gasteiger partial charge in [-0.15, -0.1) is 0 Å². The van der Waals surface area contributed by atoms with Crippen LogP contribution in [0.1, 0.15) is 39.5 Å². The standard InChI is InChI=1S/C26H39N5O4/c1-17-12-18(2)16-31(15-17)26-28-21-14-23(35-5)22(34-4)13-20(21)25(29-26)27-19-6-9-30(10-7-19)24(32)8-11-33-3/h13-14,17-19H,6-12,15-16H2,1-5H3,(H,27,28,29). The molecule has 0 bridgehead atoms. The van der Waals surface area contributed by atoms with E-state index in [4.69, 9.17) is 24.2 Å². The number of hydrogen-bond donors (Lipinski definition) is 1. The number of benzene rings is 1. The van der Waals surface area contributed by atoms with Gasteiger partial charge in [-0.05, 0) is 37.2 Å². The highest BCUT2D eigenvalue weighted by molar-refractivity contribution is 5.93. The van der Waals surface area contributed by atoms with Gasteiger partial charge in [0, 0.05) is 50.8 Å². The molecule has 1 N–H and O–H groups in total. The molecule has 2 fully saturated rings. The number of hydrogen-bond acceptors (Lipinski definition) is 8. The van der Waals surface area contributed by atoms with Gasteiger partial charge in [0.05, 0.1) is 32.8 Å². The number of amides is 1. The first-order valence-corrected chi connectivity index (χ1v) is 12.6. The first-order valence-electron chi connectivity index (χ1n) is 12.6. The van der Waals surface area contributed by atoms with Gasteiger partial charge in [-0.1, -0.05) is 13.8 Å². The number of fused-ring (bicyclic) bond motifs is 1. The van der Waals surface area contributed by atoms with Crippen LogP contribution in [0.25, 0.3) is 10.9 Å². The van der Waals surface area contributed by atoms with E-state index in [1.54, 1.807) is 21.3 Å². The van der Waals surface area contributed by atoms with Crippen LogP contribution >= 0.6 is 0 Å². The summed E-state index contributed by atoms with van der Waals surface area (Å²) in [5, 5.41) is 4.59. The average Bonchev–Trinajstić information content (AvgIpc) is 2.86. The number of ether oxygens (including phenoxy) is 3. The quantitative estimate of drug-likeness (QED) is 0.607. The molecule has 2 aliphatic rings. The molecule has 3 heterocycles. The smallest absolute Gasteiger partial charge is 0.227 e. The lowest BCUT2D eigenvalue weighted by Crippen LogP contribution is -2.43. The maximum atomic E-state index is 12.4. The second-order valence-corrected chi connectivity index (χ2v) is 9.99. The zero-order valence-corrected chi connectivity index (χ0v) is 21.7. The minimum Gasteiger partial charge on any atom is -0.493 e. The Labute approximate surface area is 208 Å². The maximum absolute atomic E-state index is 12.4. The van der Waals surface area contributed by atoms with Crippen molar-refractivity contribution in [1.29, 1.82) is 0 Å². The Hall–Kier alpha value is -2.81. The number of piperidine rings is 2. The summed E-state index contributed by atoms with van der Waals surface area (Å²) >= 11 is 0. The van der Waals surface area contributed by atoms with E-state index in [-0.39, 0.29) is 11.9 Å². The third kappa shape index (κ3) is 5.89. The maximum Gasteiger partial charge on any atom is 0.227 e. The molecular formula is C26H39N5O4. The topological polar surface area (TPSA) is 89.1 Å². The number of nitrogens with zero attached hydrogens (tertiary/aromatic N) is 4. The molecule has 2 atom stereocenters. The first-order chi connectivity index (χ1) is 16.9. The molecule has 9 heteroatoms. The third-order valence-electron chi connectivity index (χ3n) is 7.05. The van der Waals surface area contributed by atoms with Crippen LogP contribution in [0.4, 0.5) is 11.8 Å². The molecule has 2 aromatic rings. The summed E-state index contributed by atoms with van der Waals surface area (Å²) < 4.78 is 16.2. The van der Waals surface area contributed by atoms with E-state index >= 15 is 0 Å². The zero-order valence-electron chi connectivity index (χ0n) is 21.7. The fourth-order valence-electron chi connectivity index (χ4n) is 5.34. The summed E-state index contributed by atoms with van der Waals surface area (Å²) in [6.07, 6.45) is 3.39. The average molecular weight is 486 g/mol. The molecule has 0 spiro atoms. The molecule has 2 aliphatic heterocycles. The minimum atomic E-state index is 0.158. The number of aromatic nitrogens is 2. The molecular weight excluding hydrogens is 446 g/mol. The van der Waals surface area contributed by atoms with E-state index in [2.05, 4.69) is 24.1 Å². The van der Waals surface area contributed by atoms with Gasteiger partial charge in [-0.25, -0.2) is 4.98 Å². The van der Waals surface area contributed by atoms with Crippen molar-refractivity contribution >= 4 is 28.6 Å². The predicted molar refractivity (Wildman–Crippen MR) is 138 cm³/mol. The van der Waals surface area contributed by atoms with Gasteiger partial charge in [0.1, 0.15) is 5.82 Å². The number of methoxy groups -OCH3 is 3. The van der Waals surface area contributed by atoms with E-state index in [0.717, 1.165) is 61.7 Å². The summed E-state index contributed by atoms with van der Waals surface area (Å²) in [6, 6.07) is 4.10. The van der Waals surface area contributed by atoms with Gasteiger partial charge in [0.2, 0.25) is 11.9 Å². The minimum absolute atomic E-state index is 0.158. The molecule has 0 saturated carbocycles. The predicted octanol–water partition coefficient (Wildman–Crippen LogP) is 3.57. The number of likely N-dealkylation sites (tertiary alicyclic amines) is 1. The van der Waals surface area contributed by atoms with E-state index in [1.807, 2.05) is 17.0 Å². The Kier molecular flexibility index (Phi) is 8.15. The van der Waals surface area contributed by atoms with Crippen molar-refractivity contribution in [3.63, 3.8) is 0 Å². The van der Waals surface area contributed by atoms with Crippen LogP contribution in [0, 0.1) is 11.8 Å². The van der Waals surface area contributed by atoms with Crippen molar-refractivity contribution in [2.24, 2.45) is 11.8 Å². The largest absolute Gasteiger partial charge is 0.493 e. The van der Waals surface area contributed by atoms with Gasteiger partial charge in [-0.2, -0.15) is 4.98 Å². The highest BCUT2D eigenvalue weighted by Crippen LogP contribution is 2.36. The number of carbonyl (C=O) groups is 1. The van der Waals surface area contributed by atoms with Crippen LogP contribution in [0.5, 0.6) is 11.5 Å². The molecule has 1 amide bonds. The highest BCUT2D eigenvalue weighted by atomic mass is 16.5. The summed E-state index contributed by atoms with van der Waals surface area (Å²) in [5.41, 5.74) is 0.827. The molecule has 4 rings (SSSR count). The number of nitrogens with one attached hydrogen (secondary N) is 1. The first kappa shape index (κ1) is 25.3. The van der Waals surface area contributed by atoms with Gasteiger partial charge in [0.15, 0.2) is 11.5 Å². The summed E-state index contributed by atoms with van der Waals surface area (Å²) in [6.45, 7) is 8.40. The number of anilines is 2. The molecule has 2 saturated heterocycles. The lowest BCUT2D eigenvalue weighted by atomic mass is 9.92. The van der Waals surface area contributed by atoms with Crippen molar-refractivity contribution in [3.8, 4) is 11.5 Å². The Morgan fingerprint density at radius 3 is 2.31 bits per heavy atom.